The normalized spacial score (nSPS) is 10.7. The van der Waals surface area contributed by atoms with Crippen LogP contribution in [-0.4, -0.2) is 29.9 Å². The molecule has 1 rings (SSSR count). The third-order valence-corrected chi connectivity index (χ3v) is 2.60. The van der Waals surface area contributed by atoms with Gasteiger partial charge in [0.2, 0.25) is 5.91 Å². The Labute approximate surface area is 130 Å². The molecule has 0 fully saturated rings. The molecule has 2 N–H and O–H groups in total. The topological polar surface area (TPSA) is 84.5 Å². The van der Waals surface area contributed by atoms with Crippen LogP contribution in [-0.2, 0) is 9.53 Å². The summed E-state index contributed by atoms with van der Waals surface area (Å²) in [6.07, 6.45) is -0.417. The van der Waals surface area contributed by atoms with Crippen molar-refractivity contribution in [1.29, 1.82) is 0 Å². The van der Waals surface area contributed by atoms with E-state index in [2.05, 4.69) is 10.6 Å². The van der Waals surface area contributed by atoms with Crippen LogP contribution in [0.25, 0.3) is 0 Å². The summed E-state index contributed by atoms with van der Waals surface area (Å²) in [6.45, 7) is 6.97. The SMILES string of the molecule is CC(=O)c1ccc(NC(=O)CCNC(=O)OC(C)(C)C)cc1. The lowest BCUT2D eigenvalue weighted by Gasteiger charge is -2.19. The maximum atomic E-state index is 11.7. The van der Waals surface area contributed by atoms with E-state index in [4.69, 9.17) is 4.74 Å². The molecule has 2 amide bonds. The van der Waals surface area contributed by atoms with Gasteiger partial charge in [0.05, 0.1) is 0 Å². The van der Waals surface area contributed by atoms with Crippen molar-refractivity contribution in [3.8, 4) is 0 Å². The largest absolute Gasteiger partial charge is 0.444 e. The van der Waals surface area contributed by atoms with Gasteiger partial charge in [0.1, 0.15) is 5.60 Å². The molecule has 0 unspecified atom stereocenters. The fraction of sp³-hybridized carbons (Fsp3) is 0.438. The highest BCUT2D eigenvalue weighted by Gasteiger charge is 2.15. The zero-order valence-electron chi connectivity index (χ0n) is 13.4. The van der Waals surface area contributed by atoms with Crippen LogP contribution in [0.2, 0.25) is 0 Å². The number of nitrogens with one attached hydrogen (secondary N) is 2. The zero-order chi connectivity index (χ0) is 16.8. The van der Waals surface area contributed by atoms with Crippen molar-refractivity contribution in [1.82, 2.24) is 5.32 Å². The van der Waals surface area contributed by atoms with Gasteiger partial charge in [-0.2, -0.15) is 0 Å². The highest BCUT2D eigenvalue weighted by Crippen LogP contribution is 2.10. The number of carbonyl (C=O) groups is 3. The molecule has 22 heavy (non-hydrogen) atoms. The highest BCUT2D eigenvalue weighted by molar-refractivity contribution is 5.95. The number of benzene rings is 1. The zero-order valence-corrected chi connectivity index (χ0v) is 13.4. The fourth-order valence-electron chi connectivity index (χ4n) is 1.60. The Morgan fingerprint density at radius 2 is 1.68 bits per heavy atom. The monoisotopic (exact) mass is 306 g/mol. The van der Waals surface area contributed by atoms with E-state index in [-0.39, 0.29) is 24.7 Å². The van der Waals surface area contributed by atoms with Gasteiger partial charge in [0.15, 0.2) is 5.78 Å². The number of alkyl carbamates (subject to hydrolysis) is 1. The number of hydrogen-bond acceptors (Lipinski definition) is 4. The van der Waals surface area contributed by atoms with Crippen LogP contribution >= 0.6 is 0 Å². The smallest absolute Gasteiger partial charge is 0.407 e. The molecule has 6 heteroatoms. The van der Waals surface area contributed by atoms with Crippen molar-refractivity contribution in [2.45, 2.75) is 39.7 Å². The Balaban J connectivity index is 2.34. The lowest BCUT2D eigenvalue weighted by atomic mass is 10.1. The Morgan fingerprint density at radius 1 is 1.09 bits per heavy atom. The number of amides is 2. The number of ether oxygens (including phenoxy) is 1. The number of rotatable bonds is 5. The Morgan fingerprint density at radius 3 is 2.18 bits per heavy atom. The van der Waals surface area contributed by atoms with Gasteiger partial charge in [-0.05, 0) is 52.0 Å². The van der Waals surface area contributed by atoms with Crippen molar-refractivity contribution < 1.29 is 19.1 Å². The van der Waals surface area contributed by atoms with Gasteiger partial charge in [-0.15, -0.1) is 0 Å². The van der Waals surface area contributed by atoms with E-state index in [1.807, 2.05) is 0 Å². The first-order valence-corrected chi connectivity index (χ1v) is 7.05. The summed E-state index contributed by atoms with van der Waals surface area (Å²) in [7, 11) is 0. The van der Waals surface area contributed by atoms with Gasteiger partial charge >= 0.3 is 6.09 Å². The van der Waals surface area contributed by atoms with E-state index in [0.717, 1.165) is 0 Å². The Hall–Kier alpha value is -2.37. The Bertz CT molecular complexity index is 544. The maximum absolute atomic E-state index is 11.7. The summed E-state index contributed by atoms with van der Waals surface area (Å²) in [4.78, 5) is 34.3. The minimum absolute atomic E-state index is 0.0283. The third-order valence-electron chi connectivity index (χ3n) is 2.60. The maximum Gasteiger partial charge on any atom is 0.407 e. The van der Waals surface area contributed by atoms with E-state index in [1.54, 1.807) is 45.0 Å². The molecule has 6 nitrogen and oxygen atoms in total. The molecule has 0 bridgehead atoms. The lowest BCUT2D eigenvalue weighted by Crippen LogP contribution is -2.34. The first-order valence-electron chi connectivity index (χ1n) is 7.05. The molecule has 0 heterocycles. The van der Waals surface area contributed by atoms with Crippen molar-refractivity contribution in [3.05, 3.63) is 29.8 Å². The number of anilines is 1. The molecule has 0 aliphatic rings. The van der Waals surface area contributed by atoms with Crippen LogP contribution in [0.5, 0.6) is 0 Å². The van der Waals surface area contributed by atoms with E-state index in [0.29, 0.717) is 11.3 Å². The second-order valence-corrected chi connectivity index (χ2v) is 5.86. The minimum Gasteiger partial charge on any atom is -0.444 e. The summed E-state index contributed by atoms with van der Waals surface area (Å²) in [5, 5.41) is 5.20. The van der Waals surface area contributed by atoms with Gasteiger partial charge < -0.3 is 15.4 Å². The van der Waals surface area contributed by atoms with E-state index in [1.165, 1.54) is 6.92 Å². The summed E-state index contributed by atoms with van der Waals surface area (Å²) in [6, 6.07) is 6.62. The molecule has 1 aromatic carbocycles. The van der Waals surface area contributed by atoms with Gasteiger partial charge in [0, 0.05) is 24.2 Å². The summed E-state index contributed by atoms with van der Waals surface area (Å²) in [5.74, 6) is -0.258. The van der Waals surface area contributed by atoms with Crippen LogP contribution < -0.4 is 10.6 Å². The second-order valence-electron chi connectivity index (χ2n) is 5.86. The molecule has 0 aliphatic heterocycles. The molecule has 0 radical (unpaired) electrons. The summed E-state index contributed by atoms with van der Waals surface area (Å²) >= 11 is 0. The van der Waals surface area contributed by atoms with E-state index in [9.17, 15) is 14.4 Å². The van der Waals surface area contributed by atoms with Crippen molar-refractivity contribution in [2.75, 3.05) is 11.9 Å². The molecular formula is C16H22N2O4. The predicted octanol–water partition coefficient (Wildman–Crippen LogP) is 2.74. The lowest BCUT2D eigenvalue weighted by molar-refractivity contribution is -0.116. The van der Waals surface area contributed by atoms with Crippen LogP contribution in [0.1, 0.15) is 44.5 Å². The highest BCUT2D eigenvalue weighted by atomic mass is 16.6. The van der Waals surface area contributed by atoms with Crippen LogP contribution in [0, 0.1) is 0 Å². The van der Waals surface area contributed by atoms with Crippen LogP contribution in [0.3, 0.4) is 0 Å². The van der Waals surface area contributed by atoms with E-state index >= 15 is 0 Å². The third kappa shape index (κ3) is 6.88. The quantitative estimate of drug-likeness (QED) is 0.819. The molecule has 1 aromatic rings. The van der Waals surface area contributed by atoms with Crippen molar-refractivity contribution >= 4 is 23.5 Å². The Kier molecular flexibility index (Phi) is 6.10. The van der Waals surface area contributed by atoms with Gasteiger partial charge in [-0.1, -0.05) is 0 Å². The number of ketones is 1. The van der Waals surface area contributed by atoms with Crippen LogP contribution in [0.15, 0.2) is 24.3 Å². The van der Waals surface area contributed by atoms with Gasteiger partial charge in [-0.25, -0.2) is 4.79 Å². The molecule has 0 atom stereocenters. The van der Waals surface area contributed by atoms with Crippen LogP contribution in [0.4, 0.5) is 10.5 Å². The molecule has 0 aromatic heterocycles. The summed E-state index contributed by atoms with van der Waals surface area (Å²) < 4.78 is 5.06. The number of Topliss-reactive ketones (excluding diaryl/α,β-unsaturated/α-hetero) is 1. The first-order chi connectivity index (χ1) is 10.2. The van der Waals surface area contributed by atoms with Gasteiger partial charge in [0.25, 0.3) is 0 Å². The molecule has 0 spiro atoms. The number of hydrogen-bond donors (Lipinski definition) is 2. The second kappa shape index (κ2) is 7.59. The average molecular weight is 306 g/mol. The standard InChI is InChI=1S/C16H22N2O4/c1-11(19)12-5-7-13(8-6-12)18-14(20)9-10-17-15(21)22-16(2,3)4/h5-8H,9-10H2,1-4H3,(H,17,21)(H,18,20). The molecule has 0 saturated heterocycles. The molecule has 0 saturated carbocycles. The molecular weight excluding hydrogens is 284 g/mol. The van der Waals surface area contributed by atoms with Crippen molar-refractivity contribution in [2.24, 2.45) is 0 Å². The average Bonchev–Trinajstić information content (AvgIpc) is 2.37. The predicted molar refractivity (Wildman–Crippen MR) is 83.9 cm³/mol. The van der Waals surface area contributed by atoms with E-state index < -0.39 is 11.7 Å². The molecule has 120 valence electrons. The fourth-order valence-corrected chi connectivity index (χ4v) is 1.60. The first kappa shape index (κ1) is 17.7. The number of carbonyl (C=O) groups excluding carboxylic acids is 3. The van der Waals surface area contributed by atoms with Gasteiger partial charge in [-0.3, -0.25) is 9.59 Å². The molecule has 0 aliphatic carbocycles. The summed E-state index contributed by atoms with van der Waals surface area (Å²) in [5.41, 5.74) is 0.627. The minimum atomic E-state index is -0.565. The van der Waals surface area contributed by atoms with Crippen molar-refractivity contribution in [3.63, 3.8) is 0 Å².